The lowest BCUT2D eigenvalue weighted by atomic mass is 9.81. The number of hydrogen-bond donors (Lipinski definition) is 0. The Kier molecular flexibility index (Phi) is 4.64. The summed E-state index contributed by atoms with van der Waals surface area (Å²) in [7, 11) is 0. The summed E-state index contributed by atoms with van der Waals surface area (Å²) in [4.78, 5) is 29.3. The Morgan fingerprint density at radius 1 is 1.19 bits per heavy atom. The van der Waals surface area contributed by atoms with Crippen LogP contribution in [0.1, 0.15) is 60.3 Å². The Balaban J connectivity index is 2.21. The van der Waals surface area contributed by atoms with E-state index in [1.807, 2.05) is 16.7 Å². The van der Waals surface area contributed by atoms with Crippen molar-refractivity contribution in [2.24, 2.45) is 11.3 Å². The molecule has 0 aliphatic carbocycles. The second-order valence-electron chi connectivity index (χ2n) is 7.72. The van der Waals surface area contributed by atoms with E-state index >= 15 is 0 Å². The number of piperidine rings is 1. The quantitative estimate of drug-likeness (QED) is 0.803. The predicted octanol–water partition coefficient (Wildman–Crippen LogP) is 2.67. The van der Waals surface area contributed by atoms with Crippen LogP contribution in [-0.4, -0.2) is 46.8 Å². The first-order valence-corrected chi connectivity index (χ1v) is 8.38. The molecule has 4 nitrogen and oxygen atoms in total. The summed E-state index contributed by atoms with van der Waals surface area (Å²) in [5, 5.41) is 0. The molecule has 21 heavy (non-hydrogen) atoms. The lowest BCUT2D eigenvalue weighted by Crippen LogP contribution is -2.66. The molecule has 2 heterocycles. The van der Waals surface area contributed by atoms with Crippen LogP contribution >= 0.6 is 0 Å². The van der Waals surface area contributed by atoms with E-state index in [1.165, 1.54) is 0 Å². The summed E-state index contributed by atoms with van der Waals surface area (Å²) in [5.74, 6) is 0.721. The SMILES string of the molecule is CCC1C(=O)N2CCCCC2C(=O)N1CC(C)C(C)(C)C. The fourth-order valence-corrected chi connectivity index (χ4v) is 3.30. The van der Waals surface area contributed by atoms with Crippen molar-refractivity contribution in [2.45, 2.75) is 72.4 Å². The third-order valence-electron chi connectivity index (χ3n) is 5.35. The highest BCUT2D eigenvalue weighted by Gasteiger charge is 2.46. The Labute approximate surface area is 128 Å². The highest BCUT2D eigenvalue weighted by Crippen LogP contribution is 2.31. The van der Waals surface area contributed by atoms with Crippen molar-refractivity contribution >= 4 is 11.8 Å². The van der Waals surface area contributed by atoms with Crippen molar-refractivity contribution < 1.29 is 9.59 Å². The van der Waals surface area contributed by atoms with Crippen LogP contribution in [0.4, 0.5) is 0 Å². The topological polar surface area (TPSA) is 40.6 Å². The highest BCUT2D eigenvalue weighted by molar-refractivity contribution is 5.97. The number of carbonyl (C=O) groups excluding carboxylic acids is 2. The molecular weight excluding hydrogens is 264 g/mol. The molecule has 2 aliphatic rings. The molecule has 0 bridgehead atoms. The zero-order chi connectivity index (χ0) is 15.8. The summed E-state index contributed by atoms with van der Waals surface area (Å²) in [6.45, 7) is 12.2. The van der Waals surface area contributed by atoms with Crippen molar-refractivity contribution in [3.05, 3.63) is 0 Å². The molecule has 2 rings (SSSR count). The Bertz CT molecular complexity index is 414. The molecule has 4 heteroatoms. The van der Waals surface area contributed by atoms with E-state index in [2.05, 4.69) is 27.7 Å². The summed E-state index contributed by atoms with van der Waals surface area (Å²) in [5.41, 5.74) is 0.144. The highest BCUT2D eigenvalue weighted by atomic mass is 16.2. The molecule has 0 aromatic heterocycles. The third-order valence-corrected chi connectivity index (χ3v) is 5.35. The Hall–Kier alpha value is -1.06. The van der Waals surface area contributed by atoms with Crippen molar-refractivity contribution in [3.63, 3.8) is 0 Å². The van der Waals surface area contributed by atoms with Gasteiger partial charge in [0.1, 0.15) is 12.1 Å². The van der Waals surface area contributed by atoms with E-state index in [1.54, 1.807) is 0 Å². The monoisotopic (exact) mass is 294 g/mol. The summed E-state index contributed by atoms with van der Waals surface area (Å²) in [6.07, 6.45) is 3.63. The lowest BCUT2D eigenvalue weighted by Gasteiger charge is -2.48. The summed E-state index contributed by atoms with van der Waals surface area (Å²) < 4.78 is 0. The second-order valence-corrected chi connectivity index (χ2v) is 7.72. The molecular formula is C17H30N2O2. The standard InChI is InChI=1S/C17H30N2O2/c1-6-13-15(20)18-10-8-7-9-14(18)16(21)19(13)11-12(2)17(3,4)5/h12-14H,6-11H2,1-5H3. The average molecular weight is 294 g/mol. The van der Waals surface area contributed by atoms with Gasteiger partial charge in [-0.25, -0.2) is 0 Å². The van der Waals surface area contributed by atoms with Crippen LogP contribution in [0.15, 0.2) is 0 Å². The van der Waals surface area contributed by atoms with Crippen LogP contribution in [0, 0.1) is 11.3 Å². The maximum atomic E-state index is 12.9. The van der Waals surface area contributed by atoms with Gasteiger partial charge in [0.2, 0.25) is 11.8 Å². The first-order chi connectivity index (χ1) is 9.77. The van der Waals surface area contributed by atoms with Gasteiger partial charge in [0, 0.05) is 13.1 Å². The average Bonchev–Trinajstić information content (AvgIpc) is 2.43. The van der Waals surface area contributed by atoms with Crippen LogP contribution in [0.25, 0.3) is 0 Å². The normalized spacial score (nSPS) is 28.6. The number of amides is 2. The largest absolute Gasteiger partial charge is 0.329 e. The van der Waals surface area contributed by atoms with Gasteiger partial charge < -0.3 is 9.80 Å². The molecule has 0 aromatic carbocycles. The molecule has 3 unspecified atom stereocenters. The van der Waals surface area contributed by atoms with Gasteiger partial charge in [-0.05, 0) is 37.0 Å². The van der Waals surface area contributed by atoms with E-state index in [4.69, 9.17) is 0 Å². The van der Waals surface area contributed by atoms with Crippen LogP contribution in [0.3, 0.4) is 0 Å². The van der Waals surface area contributed by atoms with Gasteiger partial charge in [0.05, 0.1) is 0 Å². The fourth-order valence-electron chi connectivity index (χ4n) is 3.30. The molecule has 0 radical (unpaired) electrons. The fraction of sp³-hybridized carbons (Fsp3) is 0.882. The molecule has 2 saturated heterocycles. The number of carbonyl (C=O) groups is 2. The van der Waals surface area contributed by atoms with Crippen LogP contribution in [0.2, 0.25) is 0 Å². The first kappa shape index (κ1) is 16.3. The molecule has 2 fully saturated rings. The number of nitrogens with zero attached hydrogens (tertiary/aromatic N) is 2. The number of piperazine rings is 1. The van der Waals surface area contributed by atoms with Gasteiger partial charge in [0.15, 0.2) is 0 Å². The summed E-state index contributed by atoms with van der Waals surface area (Å²) >= 11 is 0. The van der Waals surface area contributed by atoms with Crippen LogP contribution in [-0.2, 0) is 9.59 Å². The molecule has 2 aliphatic heterocycles. The maximum absolute atomic E-state index is 12.9. The Morgan fingerprint density at radius 2 is 1.86 bits per heavy atom. The van der Waals surface area contributed by atoms with Crippen molar-refractivity contribution in [2.75, 3.05) is 13.1 Å². The smallest absolute Gasteiger partial charge is 0.246 e. The van der Waals surface area contributed by atoms with Crippen molar-refractivity contribution in [3.8, 4) is 0 Å². The predicted molar refractivity (Wildman–Crippen MR) is 83.8 cm³/mol. The first-order valence-electron chi connectivity index (χ1n) is 8.38. The molecule has 0 spiro atoms. The second kappa shape index (κ2) is 5.98. The van der Waals surface area contributed by atoms with Gasteiger partial charge in [-0.15, -0.1) is 0 Å². The van der Waals surface area contributed by atoms with E-state index < -0.39 is 0 Å². The van der Waals surface area contributed by atoms with E-state index in [0.29, 0.717) is 18.9 Å². The van der Waals surface area contributed by atoms with Crippen molar-refractivity contribution in [1.29, 1.82) is 0 Å². The number of rotatable bonds is 3. The minimum absolute atomic E-state index is 0.144. The molecule has 0 saturated carbocycles. The molecule has 2 amide bonds. The Morgan fingerprint density at radius 3 is 2.43 bits per heavy atom. The maximum Gasteiger partial charge on any atom is 0.246 e. The molecule has 120 valence electrons. The number of hydrogen-bond acceptors (Lipinski definition) is 2. The van der Waals surface area contributed by atoms with Gasteiger partial charge in [-0.3, -0.25) is 9.59 Å². The zero-order valence-electron chi connectivity index (χ0n) is 14.2. The van der Waals surface area contributed by atoms with Gasteiger partial charge in [-0.1, -0.05) is 34.6 Å². The minimum atomic E-state index is -0.253. The van der Waals surface area contributed by atoms with Crippen LogP contribution in [0.5, 0.6) is 0 Å². The van der Waals surface area contributed by atoms with Gasteiger partial charge in [0.25, 0.3) is 0 Å². The molecule has 3 atom stereocenters. The number of fused-ring (bicyclic) bond motifs is 1. The minimum Gasteiger partial charge on any atom is -0.329 e. The van der Waals surface area contributed by atoms with E-state index in [9.17, 15) is 9.59 Å². The molecule has 0 aromatic rings. The van der Waals surface area contributed by atoms with Crippen molar-refractivity contribution in [1.82, 2.24) is 9.80 Å². The molecule has 0 N–H and O–H groups in total. The van der Waals surface area contributed by atoms with Crippen LogP contribution < -0.4 is 0 Å². The van der Waals surface area contributed by atoms with E-state index in [0.717, 1.165) is 25.8 Å². The van der Waals surface area contributed by atoms with Gasteiger partial charge >= 0.3 is 0 Å². The third kappa shape index (κ3) is 3.09. The zero-order valence-corrected chi connectivity index (χ0v) is 14.2. The van der Waals surface area contributed by atoms with E-state index in [-0.39, 0.29) is 29.3 Å². The summed E-state index contributed by atoms with van der Waals surface area (Å²) in [6, 6.07) is -0.446. The van der Waals surface area contributed by atoms with Gasteiger partial charge in [-0.2, -0.15) is 0 Å². The lowest BCUT2D eigenvalue weighted by molar-refractivity contribution is -0.165.